The zero-order valence-electron chi connectivity index (χ0n) is 10.8. The van der Waals surface area contributed by atoms with Crippen LogP contribution in [0, 0.1) is 3.57 Å². The van der Waals surface area contributed by atoms with Crippen LogP contribution in [-0.4, -0.2) is 42.0 Å². The van der Waals surface area contributed by atoms with Gasteiger partial charge in [-0.1, -0.05) is 0 Å². The highest BCUT2D eigenvalue weighted by Gasteiger charge is 2.33. The molecule has 1 aromatic rings. The molecular weight excluding hydrogens is 359 g/mol. The molecule has 1 unspecified atom stereocenters. The van der Waals surface area contributed by atoms with E-state index in [9.17, 15) is 9.59 Å². The lowest BCUT2D eigenvalue weighted by atomic mass is 10.1. The van der Waals surface area contributed by atoms with Gasteiger partial charge < -0.3 is 14.9 Å². The number of likely N-dealkylation sites (N-methyl/N-ethyl adjacent to an activating group) is 2. The summed E-state index contributed by atoms with van der Waals surface area (Å²) in [5.74, 6) is -1.12. The number of carbonyl (C=O) groups is 2. The number of anilines is 1. The smallest absolute Gasteiger partial charge is 0.305 e. The van der Waals surface area contributed by atoms with Gasteiger partial charge in [0.25, 0.3) is 0 Å². The molecule has 0 bridgehead atoms. The van der Waals surface area contributed by atoms with Crippen LogP contribution in [0.25, 0.3) is 0 Å². The minimum absolute atomic E-state index is 0.156. The fraction of sp³-hybridized carbons (Fsp3) is 0.385. The van der Waals surface area contributed by atoms with Gasteiger partial charge in [-0.3, -0.25) is 9.59 Å². The lowest BCUT2D eigenvalue weighted by Crippen LogP contribution is -2.44. The van der Waals surface area contributed by atoms with Crippen molar-refractivity contribution in [2.24, 2.45) is 0 Å². The van der Waals surface area contributed by atoms with Crippen LogP contribution in [0.3, 0.4) is 0 Å². The summed E-state index contributed by atoms with van der Waals surface area (Å²) in [7, 11) is 3.48. The van der Waals surface area contributed by atoms with Crippen molar-refractivity contribution in [1.29, 1.82) is 0 Å². The third-order valence-electron chi connectivity index (χ3n) is 3.33. The van der Waals surface area contributed by atoms with Crippen LogP contribution in [0.5, 0.6) is 0 Å². The quantitative estimate of drug-likeness (QED) is 0.798. The highest BCUT2D eigenvalue weighted by atomic mass is 127. The Balaban J connectivity index is 2.46. The molecule has 2 rings (SSSR count). The van der Waals surface area contributed by atoms with Crippen molar-refractivity contribution >= 4 is 40.2 Å². The average Bonchev–Trinajstić information content (AvgIpc) is 2.40. The number of hydrogen-bond acceptors (Lipinski definition) is 3. The van der Waals surface area contributed by atoms with Crippen LogP contribution in [0.2, 0.25) is 0 Å². The summed E-state index contributed by atoms with van der Waals surface area (Å²) in [5, 5.41) is 8.97. The molecular formula is C13H15IN2O3. The fourth-order valence-electron chi connectivity index (χ4n) is 2.34. The summed E-state index contributed by atoms with van der Waals surface area (Å²) in [6.45, 7) is 0.505. The van der Waals surface area contributed by atoms with Gasteiger partial charge in [0.2, 0.25) is 5.91 Å². The number of carbonyl (C=O) groups excluding carboxylic acids is 1. The zero-order valence-corrected chi connectivity index (χ0v) is 12.9. The lowest BCUT2D eigenvalue weighted by molar-refractivity contribution is -0.141. The van der Waals surface area contributed by atoms with E-state index in [1.165, 1.54) is 0 Å². The molecule has 1 aromatic carbocycles. The van der Waals surface area contributed by atoms with E-state index < -0.39 is 12.0 Å². The molecule has 1 aliphatic heterocycles. The molecule has 1 aliphatic rings. The van der Waals surface area contributed by atoms with Crippen molar-refractivity contribution in [3.8, 4) is 0 Å². The average molecular weight is 374 g/mol. The second-order valence-electron chi connectivity index (χ2n) is 4.69. The molecule has 5 nitrogen and oxygen atoms in total. The Labute approximate surface area is 125 Å². The van der Waals surface area contributed by atoms with Gasteiger partial charge in [0.05, 0.1) is 6.42 Å². The SMILES string of the molecule is CN1Cc2cc(I)ccc2N(C)C(CC(=O)O)C1=O. The van der Waals surface area contributed by atoms with Crippen molar-refractivity contribution in [1.82, 2.24) is 4.90 Å². The number of hydrogen-bond donors (Lipinski definition) is 1. The predicted octanol–water partition coefficient (Wildman–Crippen LogP) is 1.54. The molecule has 1 atom stereocenters. The van der Waals surface area contributed by atoms with E-state index in [1.807, 2.05) is 18.2 Å². The Kier molecular flexibility index (Phi) is 3.98. The number of fused-ring (bicyclic) bond motifs is 1. The van der Waals surface area contributed by atoms with Crippen molar-refractivity contribution in [2.45, 2.75) is 19.0 Å². The maximum atomic E-state index is 12.3. The summed E-state index contributed by atoms with van der Waals surface area (Å²) >= 11 is 2.23. The molecule has 1 N–H and O–H groups in total. The van der Waals surface area contributed by atoms with Gasteiger partial charge in [-0.15, -0.1) is 0 Å². The standard InChI is InChI=1S/C13H15IN2O3/c1-15-7-8-5-9(14)3-4-10(8)16(2)11(13(15)19)6-12(17)18/h3-5,11H,6-7H2,1-2H3,(H,17,18). The highest BCUT2D eigenvalue weighted by Crippen LogP contribution is 2.29. The van der Waals surface area contributed by atoms with Gasteiger partial charge >= 0.3 is 5.97 Å². The first kappa shape index (κ1) is 14.1. The van der Waals surface area contributed by atoms with Crippen LogP contribution in [0.1, 0.15) is 12.0 Å². The molecule has 19 heavy (non-hydrogen) atoms. The molecule has 6 heteroatoms. The van der Waals surface area contributed by atoms with Crippen LogP contribution in [-0.2, 0) is 16.1 Å². The Hall–Kier alpha value is -1.31. The van der Waals surface area contributed by atoms with E-state index in [0.717, 1.165) is 14.8 Å². The first-order valence-electron chi connectivity index (χ1n) is 5.88. The van der Waals surface area contributed by atoms with Crippen LogP contribution in [0.15, 0.2) is 18.2 Å². The fourth-order valence-corrected chi connectivity index (χ4v) is 2.89. The minimum atomic E-state index is -0.965. The second-order valence-corrected chi connectivity index (χ2v) is 5.94. The van der Waals surface area contributed by atoms with Gasteiger partial charge in [-0.2, -0.15) is 0 Å². The number of aliphatic carboxylic acids is 1. The Bertz CT molecular complexity index is 533. The van der Waals surface area contributed by atoms with Crippen molar-refractivity contribution in [3.05, 3.63) is 27.3 Å². The van der Waals surface area contributed by atoms with Crippen molar-refractivity contribution in [3.63, 3.8) is 0 Å². The Morgan fingerprint density at radius 3 is 2.79 bits per heavy atom. The van der Waals surface area contributed by atoms with Crippen LogP contribution < -0.4 is 4.90 Å². The van der Waals surface area contributed by atoms with E-state index >= 15 is 0 Å². The van der Waals surface area contributed by atoms with Gasteiger partial charge in [-0.05, 0) is 46.4 Å². The third kappa shape index (κ3) is 2.83. The predicted molar refractivity (Wildman–Crippen MR) is 80.1 cm³/mol. The minimum Gasteiger partial charge on any atom is -0.481 e. The van der Waals surface area contributed by atoms with E-state index in [2.05, 4.69) is 22.6 Å². The highest BCUT2D eigenvalue weighted by molar-refractivity contribution is 14.1. The molecule has 0 spiro atoms. The number of carboxylic acid groups (broad SMARTS) is 1. The normalized spacial score (nSPS) is 19.1. The number of benzene rings is 1. The number of amides is 1. The molecule has 0 aliphatic carbocycles. The number of rotatable bonds is 2. The molecule has 0 fully saturated rings. The maximum absolute atomic E-state index is 12.3. The van der Waals surface area contributed by atoms with E-state index in [-0.39, 0.29) is 12.3 Å². The molecule has 0 aromatic heterocycles. The first-order chi connectivity index (χ1) is 8.90. The number of carboxylic acids is 1. The van der Waals surface area contributed by atoms with E-state index in [1.54, 1.807) is 23.9 Å². The van der Waals surface area contributed by atoms with Gasteiger partial charge in [-0.25, -0.2) is 0 Å². The second kappa shape index (κ2) is 5.36. The summed E-state index contributed by atoms with van der Waals surface area (Å²) in [4.78, 5) is 26.6. The van der Waals surface area contributed by atoms with Crippen LogP contribution in [0.4, 0.5) is 5.69 Å². The largest absolute Gasteiger partial charge is 0.481 e. The third-order valence-corrected chi connectivity index (χ3v) is 4.00. The Morgan fingerprint density at radius 2 is 2.16 bits per heavy atom. The van der Waals surface area contributed by atoms with E-state index in [4.69, 9.17) is 5.11 Å². The number of halogens is 1. The summed E-state index contributed by atoms with van der Waals surface area (Å²) in [5.41, 5.74) is 1.96. The summed E-state index contributed by atoms with van der Waals surface area (Å²) in [6.07, 6.45) is -0.189. The number of nitrogens with zero attached hydrogens (tertiary/aromatic N) is 2. The zero-order chi connectivity index (χ0) is 14.2. The van der Waals surface area contributed by atoms with E-state index in [0.29, 0.717) is 6.54 Å². The topological polar surface area (TPSA) is 60.9 Å². The summed E-state index contributed by atoms with van der Waals surface area (Å²) in [6, 6.07) is 5.28. The Morgan fingerprint density at radius 1 is 1.47 bits per heavy atom. The van der Waals surface area contributed by atoms with Gasteiger partial charge in [0, 0.05) is 29.9 Å². The molecule has 0 saturated heterocycles. The lowest BCUT2D eigenvalue weighted by Gasteiger charge is -2.27. The van der Waals surface area contributed by atoms with Gasteiger partial charge in [0.1, 0.15) is 6.04 Å². The van der Waals surface area contributed by atoms with Crippen molar-refractivity contribution in [2.75, 3.05) is 19.0 Å². The maximum Gasteiger partial charge on any atom is 0.305 e. The first-order valence-corrected chi connectivity index (χ1v) is 6.96. The van der Waals surface area contributed by atoms with Crippen molar-refractivity contribution < 1.29 is 14.7 Å². The van der Waals surface area contributed by atoms with Crippen LogP contribution >= 0.6 is 22.6 Å². The molecule has 1 amide bonds. The molecule has 1 heterocycles. The molecule has 102 valence electrons. The monoisotopic (exact) mass is 374 g/mol. The summed E-state index contributed by atoms with van der Waals surface area (Å²) < 4.78 is 1.10. The van der Waals surface area contributed by atoms with Gasteiger partial charge in [0.15, 0.2) is 0 Å². The molecule has 0 radical (unpaired) electrons. The molecule has 0 saturated carbocycles.